The summed E-state index contributed by atoms with van der Waals surface area (Å²) in [7, 11) is 1.64. The molecule has 0 aliphatic rings. The first-order valence-corrected chi connectivity index (χ1v) is 7.56. The largest absolute Gasteiger partial charge is 0.493 e. The van der Waals surface area contributed by atoms with Crippen LogP contribution in [0, 0.1) is 0 Å². The average Bonchev–Trinajstić information content (AvgIpc) is 2.79. The summed E-state index contributed by atoms with van der Waals surface area (Å²) in [5.74, 6) is 1.43. The third-order valence-electron chi connectivity index (χ3n) is 2.84. The molecule has 5 heteroatoms. The highest BCUT2D eigenvalue weighted by Gasteiger charge is 2.10. The van der Waals surface area contributed by atoms with E-state index >= 15 is 0 Å². The van der Waals surface area contributed by atoms with E-state index in [4.69, 9.17) is 9.47 Å². The molecule has 112 valence electrons. The maximum Gasteiger partial charge on any atom is 0.163 e. The fraction of sp³-hybridized carbons (Fsp3) is 0.312. The Kier molecular flexibility index (Phi) is 5.07. The molecule has 0 unspecified atom stereocenters. The minimum atomic E-state index is 0.587. The van der Waals surface area contributed by atoms with Crippen LogP contribution < -0.4 is 9.47 Å². The van der Waals surface area contributed by atoms with Crippen molar-refractivity contribution in [2.24, 2.45) is 0 Å². The Hall–Kier alpha value is -1.75. The number of aromatic nitrogens is 2. The lowest BCUT2D eigenvalue weighted by atomic mass is 10.2. The zero-order valence-corrected chi connectivity index (χ0v) is 14.3. The van der Waals surface area contributed by atoms with Gasteiger partial charge in [-0.3, -0.25) is 0 Å². The van der Waals surface area contributed by atoms with Gasteiger partial charge in [0.25, 0.3) is 0 Å². The molecular weight excluding hydrogens is 332 g/mol. The molecule has 1 heterocycles. The van der Waals surface area contributed by atoms with E-state index in [0.29, 0.717) is 12.4 Å². The molecule has 0 aliphatic carbocycles. The van der Waals surface area contributed by atoms with Crippen LogP contribution in [0.1, 0.15) is 26.5 Å². The maximum absolute atomic E-state index is 5.62. The molecule has 0 radical (unpaired) electrons. The van der Waals surface area contributed by atoms with Gasteiger partial charge in [-0.15, -0.1) is 0 Å². The van der Waals surface area contributed by atoms with Crippen LogP contribution in [0.2, 0.25) is 0 Å². The second-order valence-electron chi connectivity index (χ2n) is 4.79. The van der Waals surface area contributed by atoms with Crippen molar-refractivity contribution in [1.82, 2.24) is 9.78 Å². The van der Waals surface area contributed by atoms with Crippen LogP contribution in [0.25, 0.3) is 11.8 Å². The number of rotatable bonds is 5. The molecule has 0 atom stereocenters. The second kappa shape index (κ2) is 6.80. The normalized spacial score (nSPS) is 10.3. The average molecular weight is 351 g/mol. The van der Waals surface area contributed by atoms with Crippen molar-refractivity contribution in [2.45, 2.75) is 20.8 Å². The van der Waals surface area contributed by atoms with E-state index in [0.717, 1.165) is 21.7 Å². The van der Waals surface area contributed by atoms with E-state index in [1.807, 2.05) is 35.9 Å². The lowest BCUT2D eigenvalue weighted by Crippen LogP contribution is -2.02. The first-order chi connectivity index (χ1) is 10.0. The summed E-state index contributed by atoms with van der Waals surface area (Å²) in [4.78, 5) is 0. The molecule has 2 rings (SSSR count). The monoisotopic (exact) mass is 350 g/mol. The van der Waals surface area contributed by atoms with Gasteiger partial charge in [-0.1, -0.05) is 5.57 Å². The Bertz CT molecular complexity index is 658. The van der Waals surface area contributed by atoms with Gasteiger partial charge in [0, 0.05) is 6.07 Å². The summed E-state index contributed by atoms with van der Waals surface area (Å²) in [6.45, 7) is 6.66. The number of ether oxygens (including phenoxy) is 2. The van der Waals surface area contributed by atoms with Crippen molar-refractivity contribution < 1.29 is 9.47 Å². The highest BCUT2D eigenvalue weighted by atomic mass is 79.9. The Morgan fingerprint density at radius 1 is 1.29 bits per heavy atom. The SMILES string of the molecule is CCOc1cc(-n2nc(Br)cc2C=C(C)C)ccc1OC. The molecule has 4 nitrogen and oxygen atoms in total. The number of hydrogen-bond donors (Lipinski definition) is 0. The van der Waals surface area contributed by atoms with Crippen molar-refractivity contribution in [1.29, 1.82) is 0 Å². The summed E-state index contributed by atoms with van der Waals surface area (Å²) in [5, 5.41) is 4.48. The van der Waals surface area contributed by atoms with Gasteiger partial charge in [0.2, 0.25) is 0 Å². The molecule has 2 aromatic rings. The van der Waals surface area contributed by atoms with E-state index in [1.54, 1.807) is 7.11 Å². The third kappa shape index (κ3) is 3.67. The predicted molar refractivity (Wildman–Crippen MR) is 88.3 cm³/mol. The zero-order valence-electron chi connectivity index (χ0n) is 12.7. The minimum absolute atomic E-state index is 0.587. The van der Waals surface area contributed by atoms with Crippen molar-refractivity contribution >= 4 is 22.0 Å². The van der Waals surface area contributed by atoms with Crippen molar-refractivity contribution in [3.63, 3.8) is 0 Å². The summed E-state index contributed by atoms with van der Waals surface area (Å²) >= 11 is 3.43. The first-order valence-electron chi connectivity index (χ1n) is 6.76. The molecular formula is C16H19BrN2O2. The number of allylic oxidation sites excluding steroid dienone is 1. The fourth-order valence-electron chi connectivity index (χ4n) is 2.04. The number of methoxy groups -OCH3 is 1. The quantitative estimate of drug-likeness (QED) is 0.798. The second-order valence-corrected chi connectivity index (χ2v) is 5.61. The molecule has 0 spiro atoms. The molecule has 0 amide bonds. The Balaban J connectivity index is 2.51. The van der Waals surface area contributed by atoms with Crippen LogP contribution in [-0.4, -0.2) is 23.5 Å². The Morgan fingerprint density at radius 3 is 2.67 bits per heavy atom. The van der Waals surface area contributed by atoms with Crippen LogP contribution in [0.5, 0.6) is 11.5 Å². The Labute approximate surface area is 133 Å². The molecule has 0 N–H and O–H groups in total. The van der Waals surface area contributed by atoms with Crippen LogP contribution in [0.15, 0.2) is 34.4 Å². The van der Waals surface area contributed by atoms with Crippen molar-refractivity contribution in [3.05, 3.63) is 40.1 Å². The van der Waals surface area contributed by atoms with Crippen LogP contribution in [0.3, 0.4) is 0 Å². The zero-order chi connectivity index (χ0) is 15.4. The lowest BCUT2D eigenvalue weighted by Gasteiger charge is -2.12. The molecule has 0 aliphatic heterocycles. The molecule has 21 heavy (non-hydrogen) atoms. The van der Waals surface area contributed by atoms with E-state index in [2.05, 4.69) is 41.0 Å². The molecule has 0 saturated heterocycles. The maximum atomic E-state index is 5.62. The van der Waals surface area contributed by atoms with Gasteiger partial charge >= 0.3 is 0 Å². The first kappa shape index (κ1) is 15.6. The Morgan fingerprint density at radius 2 is 2.05 bits per heavy atom. The number of hydrogen-bond acceptors (Lipinski definition) is 3. The van der Waals surface area contributed by atoms with E-state index < -0.39 is 0 Å². The van der Waals surface area contributed by atoms with Crippen LogP contribution in [-0.2, 0) is 0 Å². The van der Waals surface area contributed by atoms with Gasteiger partial charge in [-0.05, 0) is 61.0 Å². The highest BCUT2D eigenvalue weighted by molar-refractivity contribution is 9.10. The smallest absolute Gasteiger partial charge is 0.163 e. The fourth-order valence-corrected chi connectivity index (χ4v) is 2.43. The number of halogens is 1. The topological polar surface area (TPSA) is 36.3 Å². The summed E-state index contributed by atoms with van der Waals surface area (Å²) in [6, 6.07) is 7.77. The van der Waals surface area contributed by atoms with Gasteiger partial charge < -0.3 is 9.47 Å². The third-order valence-corrected chi connectivity index (χ3v) is 3.22. The predicted octanol–water partition coefficient (Wildman–Crippen LogP) is 4.47. The standard InChI is InChI=1S/C16H19BrN2O2/c1-5-21-15-9-12(6-7-14(15)20-4)19-13(8-11(2)3)10-16(17)18-19/h6-10H,5H2,1-4H3. The van der Waals surface area contributed by atoms with Gasteiger partial charge in [-0.2, -0.15) is 5.10 Å². The highest BCUT2D eigenvalue weighted by Crippen LogP contribution is 2.30. The minimum Gasteiger partial charge on any atom is -0.493 e. The number of benzene rings is 1. The van der Waals surface area contributed by atoms with Gasteiger partial charge in [0.1, 0.15) is 4.60 Å². The van der Waals surface area contributed by atoms with Crippen molar-refractivity contribution in [2.75, 3.05) is 13.7 Å². The van der Waals surface area contributed by atoms with E-state index in [9.17, 15) is 0 Å². The van der Waals surface area contributed by atoms with E-state index in [-0.39, 0.29) is 0 Å². The summed E-state index contributed by atoms with van der Waals surface area (Å²) in [5.41, 5.74) is 3.15. The summed E-state index contributed by atoms with van der Waals surface area (Å²) in [6.07, 6.45) is 2.09. The molecule has 0 fully saturated rings. The summed E-state index contributed by atoms with van der Waals surface area (Å²) < 4.78 is 13.6. The molecule has 1 aromatic carbocycles. The molecule has 0 bridgehead atoms. The van der Waals surface area contributed by atoms with Crippen molar-refractivity contribution in [3.8, 4) is 17.2 Å². The molecule has 0 saturated carbocycles. The number of nitrogens with zero attached hydrogens (tertiary/aromatic N) is 2. The van der Waals surface area contributed by atoms with Crippen LogP contribution >= 0.6 is 15.9 Å². The van der Waals surface area contributed by atoms with Gasteiger partial charge in [0.05, 0.1) is 25.1 Å². The van der Waals surface area contributed by atoms with Crippen LogP contribution in [0.4, 0.5) is 0 Å². The lowest BCUT2D eigenvalue weighted by molar-refractivity contribution is 0.311. The van der Waals surface area contributed by atoms with E-state index in [1.165, 1.54) is 5.57 Å². The van der Waals surface area contributed by atoms with Gasteiger partial charge in [-0.25, -0.2) is 4.68 Å². The molecule has 1 aromatic heterocycles. The van der Waals surface area contributed by atoms with Gasteiger partial charge in [0.15, 0.2) is 11.5 Å².